The van der Waals surface area contributed by atoms with E-state index in [0.717, 1.165) is 12.1 Å². The maximum atomic E-state index is 10.6. The van der Waals surface area contributed by atoms with E-state index in [1.165, 1.54) is 5.57 Å². The molecular formula is C9H9NO2. The molecule has 0 radical (unpaired) electrons. The van der Waals surface area contributed by atoms with Gasteiger partial charge in [-0.05, 0) is 18.1 Å². The summed E-state index contributed by atoms with van der Waals surface area (Å²) in [4.78, 5) is 10.6. The molecule has 2 aliphatic rings. The first-order valence-electron chi connectivity index (χ1n) is 3.84. The lowest BCUT2D eigenvalue weighted by atomic mass is 10.1. The van der Waals surface area contributed by atoms with Crippen molar-refractivity contribution < 1.29 is 9.90 Å². The van der Waals surface area contributed by atoms with Crippen LogP contribution in [0.3, 0.4) is 0 Å². The molecule has 0 aromatic heterocycles. The molecule has 3 nitrogen and oxygen atoms in total. The molecule has 0 saturated heterocycles. The first-order chi connectivity index (χ1) is 5.77. The molecule has 0 aromatic rings. The third-order valence-corrected chi connectivity index (χ3v) is 2.04. The Morgan fingerprint density at radius 2 is 2.42 bits per heavy atom. The lowest BCUT2D eigenvalue weighted by Gasteiger charge is -2.17. The van der Waals surface area contributed by atoms with Crippen LogP contribution in [0.25, 0.3) is 0 Å². The molecule has 62 valence electrons. The number of carboxylic acid groups (broad SMARTS) is 1. The van der Waals surface area contributed by atoms with Crippen LogP contribution in [0.1, 0.15) is 6.42 Å². The van der Waals surface area contributed by atoms with Crippen LogP contribution in [0.15, 0.2) is 35.6 Å². The van der Waals surface area contributed by atoms with Crippen molar-refractivity contribution in [1.82, 2.24) is 5.32 Å². The normalized spacial score (nSPS) is 25.5. The average Bonchev–Trinajstić information content (AvgIpc) is 2.49. The molecular weight excluding hydrogens is 154 g/mol. The molecule has 2 N–H and O–H groups in total. The lowest BCUT2D eigenvalue weighted by molar-refractivity contribution is -0.137. The van der Waals surface area contributed by atoms with Gasteiger partial charge < -0.3 is 10.4 Å². The number of carbonyl (C=O) groups is 1. The molecule has 0 saturated carbocycles. The molecule has 0 bridgehead atoms. The van der Waals surface area contributed by atoms with Crippen LogP contribution in [0.2, 0.25) is 0 Å². The minimum atomic E-state index is -0.835. The minimum absolute atomic E-state index is 0.563. The zero-order valence-corrected chi connectivity index (χ0v) is 6.45. The summed E-state index contributed by atoms with van der Waals surface area (Å²) in [6.07, 6.45) is 8.41. The van der Waals surface area contributed by atoms with Gasteiger partial charge in [0.25, 0.3) is 0 Å². The molecule has 3 heteroatoms. The fraction of sp³-hybridized carbons (Fsp3) is 0.222. The minimum Gasteiger partial charge on any atom is -0.479 e. The Labute approximate surface area is 70.1 Å². The number of dihydropyridines is 1. The highest BCUT2D eigenvalue weighted by Crippen LogP contribution is 2.21. The first-order valence-corrected chi connectivity index (χ1v) is 3.84. The Bertz CT molecular complexity index is 312. The SMILES string of the molecule is O=C(O)C1C=CC2=C(C=CC2)N1. The molecule has 1 aliphatic heterocycles. The summed E-state index contributed by atoms with van der Waals surface area (Å²) in [6, 6.07) is -0.563. The van der Waals surface area contributed by atoms with Gasteiger partial charge in [0.2, 0.25) is 0 Å². The largest absolute Gasteiger partial charge is 0.479 e. The van der Waals surface area contributed by atoms with Crippen molar-refractivity contribution in [3.05, 3.63) is 35.6 Å². The van der Waals surface area contributed by atoms with E-state index in [-0.39, 0.29) is 0 Å². The fourth-order valence-corrected chi connectivity index (χ4v) is 1.39. The monoisotopic (exact) mass is 163 g/mol. The first kappa shape index (κ1) is 7.16. The van der Waals surface area contributed by atoms with Gasteiger partial charge in [-0.15, -0.1) is 0 Å². The topological polar surface area (TPSA) is 49.3 Å². The van der Waals surface area contributed by atoms with E-state index in [2.05, 4.69) is 5.32 Å². The zero-order chi connectivity index (χ0) is 8.55. The van der Waals surface area contributed by atoms with E-state index < -0.39 is 12.0 Å². The third kappa shape index (κ3) is 1.03. The molecule has 0 amide bonds. The Balaban J connectivity index is 2.20. The summed E-state index contributed by atoms with van der Waals surface area (Å²) in [5.41, 5.74) is 2.12. The summed E-state index contributed by atoms with van der Waals surface area (Å²) in [5.74, 6) is -0.835. The van der Waals surface area contributed by atoms with Gasteiger partial charge in [0.15, 0.2) is 0 Å². The molecule has 0 aromatic carbocycles. The second-order valence-corrected chi connectivity index (χ2v) is 2.86. The maximum Gasteiger partial charge on any atom is 0.330 e. The lowest BCUT2D eigenvalue weighted by Crippen LogP contribution is -2.35. The van der Waals surface area contributed by atoms with Gasteiger partial charge in [0.1, 0.15) is 6.04 Å². The molecule has 1 aliphatic carbocycles. The van der Waals surface area contributed by atoms with Crippen LogP contribution in [0, 0.1) is 0 Å². The third-order valence-electron chi connectivity index (χ3n) is 2.04. The molecule has 1 heterocycles. The van der Waals surface area contributed by atoms with Gasteiger partial charge >= 0.3 is 5.97 Å². The molecule has 0 fully saturated rings. The van der Waals surface area contributed by atoms with Crippen molar-refractivity contribution in [3.63, 3.8) is 0 Å². The van der Waals surface area contributed by atoms with Gasteiger partial charge in [-0.25, -0.2) is 4.79 Å². The molecule has 2 rings (SSSR count). The number of hydrogen-bond acceptors (Lipinski definition) is 2. The van der Waals surface area contributed by atoms with Crippen molar-refractivity contribution in [2.75, 3.05) is 0 Å². The molecule has 1 atom stereocenters. The Morgan fingerprint density at radius 3 is 3.17 bits per heavy atom. The highest BCUT2D eigenvalue weighted by molar-refractivity contribution is 5.77. The number of carboxylic acids is 1. The zero-order valence-electron chi connectivity index (χ0n) is 6.45. The fourth-order valence-electron chi connectivity index (χ4n) is 1.39. The average molecular weight is 163 g/mol. The van der Waals surface area contributed by atoms with E-state index in [0.29, 0.717) is 0 Å². The van der Waals surface area contributed by atoms with E-state index >= 15 is 0 Å². The standard InChI is InChI=1S/C9H9NO2/c11-9(12)8-5-4-6-2-1-3-7(6)10-8/h1,3-5,8,10H,2H2,(H,11,12). The van der Waals surface area contributed by atoms with Crippen LogP contribution in [-0.2, 0) is 4.79 Å². The number of hydrogen-bond donors (Lipinski definition) is 2. The van der Waals surface area contributed by atoms with Gasteiger partial charge in [-0.2, -0.15) is 0 Å². The van der Waals surface area contributed by atoms with Crippen molar-refractivity contribution in [3.8, 4) is 0 Å². The molecule has 0 spiro atoms. The van der Waals surface area contributed by atoms with Crippen LogP contribution in [0.4, 0.5) is 0 Å². The number of nitrogens with one attached hydrogen (secondary N) is 1. The van der Waals surface area contributed by atoms with Crippen LogP contribution < -0.4 is 5.32 Å². The Kier molecular flexibility index (Phi) is 1.50. The van der Waals surface area contributed by atoms with Gasteiger partial charge in [0.05, 0.1) is 0 Å². The Hall–Kier alpha value is -1.51. The highest BCUT2D eigenvalue weighted by Gasteiger charge is 2.20. The summed E-state index contributed by atoms with van der Waals surface area (Å²) >= 11 is 0. The molecule has 12 heavy (non-hydrogen) atoms. The second kappa shape index (κ2) is 2.52. The summed E-state index contributed by atoms with van der Waals surface area (Å²) in [7, 11) is 0. The van der Waals surface area contributed by atoms with E-state index in [4.69, 9.17) is 5.11 Å². The smallest absolute Gasteiger partial charge is 0.330 e. The van der Waals surface area contributed by atoms with Crippen LogP contribution in [-0.4, -0.2) is 17.1 Å². The van der Waals surface area contributed by atoms with Gasteiger partial charge in [0, 0.05) is 5.70 Å². The van der Waals surface area contributed by atoms with Crippen LogP contribution in [0.5, 0.6) is 0 Å². The Morgan fingerprint density at radius 1 is 1.58 bits per heavy atom. The predicted molar refractivity (Wildman–Crippen MR) is 44.5 cm³/mol. The highest BCUT2D eigenvalue weighted by atomic mass is 16.4. The number of aliphatic carboxylic acids is 1. The van der Waals surface area contributed by atoms with Gasteiger partial charge in [-0.3, -0.25) is 0 Å². The van der Waals surface area contributed by atoms with E-state index in [1.54, 1.807) is 6.08 Å². The van der Waals surface area contributed by atoms with E-state index in [1.807, 2.05) is 18.2 Å². The summed E-state index contributed by atoms with van der Waals surface area (Å²) < 4.78 is 0. The maximum absolute atomic E-state index is 10.6. The quantitative estimate of drug-likeness (QED) is 0.601. The van der Waals surface area contributed by atoms with Crippen molar-refractivity contribution in [1.29, 1.82) is 0 Å². The number of rotatable bonds is 1. The number of allylic oxidation sites excluding steroid dienone is 4. The molecule has 1 unspecified atom stereocenters. The van der Waals surface area contributed by atoms with Crippen molar-refractivity contribution in [2.24, 2.45) is 0 Å². The second-order valence-electron chi connectivity index (χ2n) is 2.86. The van der Waals surface area contributed by atoms with Gasteiger partial charge in [-0.1, -0.05) is 18.2 Å². The van der Waals surface area contributed by atoms with Crippen molar-refractivity contribution >= 4 is 5.97 Å². The predicted octanol–water partition coefficient (Wildman–Crippen LogP) is 0.813. The van der Waals surface area contributed by atoms with E-state index in [9.17, 15) is 4.79 Å². The summed E-state index contributed by atoms with van der Waals surface area (Å²) in [5, 5.41) is 11.6. The van der Waals surface area contributed by atoms with Crippen LogP contribution >= 0.6 is 0 Å². The van der Waals surface area contributed by atoms with Crippen molar-refractivity contribution in [2.45, 2.75) is 12.5 Å². The summed E-state index contributed by atoms with van der Waals surface area (Å²) in [6.45, 7) is 0.